The lowest BCUT2D eigenvalue weighted by Gasteiger charge is -2.11. The summed E-state index contributed by atoms with van der Waals surface area (Å²) in [6.45, 7) is 7.64. The van der Waals surface area contributed by atoms with Crippen molar-refractivity contribution in [2.75, 3.05) is 12.3 Å². The minimum absolute atomic E-state index is 0.0869. The van der Waals surface area contributed by atoms with E-state index in [1.807, 2.05) is 25.1 Å². The maximum atomic E-state index is 11.8. The lowest BCUT2D eigenvalue weighted by Crippen LogP contribution is -2.25. The van der Waals surface area contributed by atoms with Crippen LogP contribution in [0.2, 0.25) is 0 Å². The molecule has 0 fully saturated rings. The molecule has 0 saturated carbocycles. The molecule has 0 atom stereocenters. The molecule has 1 aromatic heterocycles. The summed E-state index contributed by atoms with van der Waals surface area (Å²) in [5.41, 5.74) is 8.47. The molecule has 0 aliphatic heterocycles. The number of fused-ring (bicyclic) bond motifs is 1. The summed E-state index contributed by atoms with van der Waals surface area (Å²) in [7, 11) is 0. The maximum absolute atomic E-state index is 11.8. The number of carbonyl (C=O) groups is 1. The number of nitrogens with one attached hydrogen (secondary N) is 1. The standard InChI is InChI=1S/C16H24N4O/c1-4-8-18-15(21)7-9-20-14-6-5-12(17)10-13(14)19-16(20)11(2)3/h5-6,10-11H,4,7-9,17H2,1-3H3,(H,18,21). The van der Waals surface area contributed by atoms with Crippen molar-refractivity contribution in [3.05, 3.63) is 24.0 Å². The molecular weight excluding hydrogens is 264 g/mol. The van der Waals surface area contributed by atoms with Crippen LogP contribution in [0.25, 0.3) is 11.0 Å². The van der Waals surface area contributed by atoms with E-state index in [-0.39, 0.29) is 5.91 Å². The smallest absolute Gasteiger partial charge is 0.221 e. The third-order valence-corrected chi connectivity index (χ3v) is 3.45. The molecule has 1 aromatic carbocycles. The molecule has 1 amide bonds. The highest BCUT2D eigenvalue weighted by molar-refractivity contribution is 5.80. The van der Waals surface area contributed by atoms with Gasteiger partial charge in [0.25, 0.3) is 0 Å². The number of anilines is 1. The van der Waals surface area contributed by atoms with E-state index in [2.05, 4.69) is 28.7 Å². The van der Waals surface area contributed by atoms with E-state index in [1.54, 1.807) is 0 Å². The number of carbonyl (C=O) groups excluding carboxylic acids is 1. The molecular formula is C16H24N4O. The fourth-order valence-electron chi connectivity index (χ4n) is 2.41. The average molecular weight is 288 g/mol. The molecule has 2 aromatic rings. The summed E-state index contributed by atoms with van der Waals surface area (Å²) < 4.78 is 2.13. The van der Waals surface area contributed by atoms with Crippen molar-refractivity contribution < 1.29 is 4.79 Å². The van der Waals surface area contributed by atoms with E-state index in [4.69, 9.17) is 5.73 Å². The summed E-state index contributed by atoms with van der Waals surface area (Å²) >= 11 is 0. The predicted octanol–water partition coefficient (Wildman–Crippen LogP) is 2.66. The molecule has 0 unspecified atom stereocenters. The highest BCUT2D eigenvalue weighted by atomic mass is 16.1. The number of hydrogen-bond donors (Lipinski definition) is 2. The molecule has 1 heterocycles. The Morgan fingerprint density at radius 2 is 2.19 bits per heavy atom. The zero-order valence-electron chi connectivity index (χ0n) is 13.0. The van der Waals surface area contributed by atoms with Crippen LogP contribution in [0.1, 0.15) is 45.4 Å². The van der Waals surface area contributed by atoms with Crippen molar-refractivity contribution in [2.45, 2.75) is 46.1 Å². The van der Waals surface area contributed by atoms with Crippen LogP contribution < -0.4 is 11.1 Å². The predicted molar refractivity (Wildman–Crippen MR) is 86.2 cm³/mol. The summed E-state index contributed by atoms with van der Waals surface area (Å²) in [5.74, 6) is 1.39. The number of benzene rings is 1. The summed E-state index contributed by atoms with van der Waals surface area (Å²) in [5, 5.41) is 2.91. The van der Waals surface area contributed by atoms with Crippen molar-refractivity contribution in [1.82, 2.24) is 14.9 Å². The first-order valence-electron chi connectivity index (χ1n) is 7.55. The first kappa shape index (κ1) is 15.4. The van der Waals surface area contributed by atoms with Gasteiger partial charge in [0.05, 0.1) is 11.0 Å². The molecule has 0 spiro atoms. The van der Waals surface area contributed by atoms with E-state index in [0.717, 1.165) is 29.8 Å². The number of imidazole rings is 1. The molecule has 0 aliphatic carbocycles. The van der Waals surface area contributed by atoms with Crippen molar-refractivity contribution in [3.63, 3.8) is 0 Å². The van der Waals surface area contributed by atoms with Crippen LogP contribution in [-0.2, 0) is 11.3 Å². The van der Waals surface area contributed by atoms with Gasteiger partial charge >= 0.3 is 0 Å². The van der Waals surface area contributed by atoms with Gasteiger partial charge in [-0.3, -0.25) is 4.79 Å². The number of nitrogen functional groups attached to an aromatic ring is 1. The Morgan fingerprint density at radius 3 is 2.86 bits per heavy atom. The van der Waals surface area contributed by atoms with Gasteiger partial charge in [-0.1, -0.05) is 20.8 Å². The number of amides is 1. The normalized spacial score (nSPS) is 11.2. The first-order chi connectivity index (χ1) is 10.0. The minimum Gasteiger partial charge on any atom is -0.399 e. The van der Waals surface area contributed by atoms with Crippen LogP contribution in [0.15, 0.2) is 18.2 Å². The maximum Gasteiger partial charge on any atom is 0.221 e. The highest BCUT2D eigenvalue weighted by Crippen LogP contribution is 2.23. The molecule has 0 bridgehead atoms. The Labute approximate surface area is 125 Å². The Morgan fingerprint density at radius 1 is 1.43 bits per heavy atom. The molecule has 0 aliphatic rings. The van der Waals surface area contributed by atoms with Gasteiger partial charge in [-0.2, -0.15) is 0 Å². The molecule has 114 valence electrons. The summed E-state index contributed by atoms with van der Waals surface area (Å²) in [6.07, 6.45) is 1.42. The number of hydrogen-bond acceptors (Lipinski definition) is 3. The molecule has 0 radical (unpaired) electrons. The van der Waals surface area contributed by atoms with Gasteiger partial charge in [-0.25, -0.2) is 4.98 Å². The van der Waals surface area contributed by atoms with E-state index in [1.165, 1.54) is 0 Å². The lowest BCUT2D eigenvalue weighted by atomic mass is 10.2. The lowest BCUT2D eigenvalue weighted by molar-refractivity contribution is -0.121. The second kappa shape index (κ2) is 6.61. The Balaban J connectivity index is 2.24. The number of aryl methyl sites for hydroxylation is 1. The van der Waals surface area contributed by atoms with Crippen molar-refractivity contribution in [2.24, 2.45) is 0 Å². The quantitative estimate of drug-likeness (QED) is 0.803. The largest absolute Gasteiger partial charge is 0.399 e. The Hall–Kier alpha value is -2.04. The molecule has 0 saturated heterocycles. The zero-order valence-corrected chi connectivity index (χ0v) is 13.0. The van der Waals surface area contributed by atoms with Crippen molar-refractivity contribution in [1.29, 1.82) is 0 Å². The topological polar surface area (TPSA) is 72.9 Å². The third-order valence-electron chi connectivity index (χ3n) is 3.45. The van der Waals surface area contributed by atoms with Crippen molar-refractivity contribution >= 4 is 22.6 Å². The SMILES string of the molecule is CCCNC(=O)CCn1c(C(C)C)nc2cc(N)ccc21. The van der Waals surface area contributed by atoms with Gasteiger partial charge in [0.15, 0.2) is 0 Å². The van der Waals surface area contributed by atoms with Crippen LogP contribution in [0, 0.1) is 0 Å². The molecule has 2 rings (SSSR count). The minimum atomic E-state index is 0.0869. The van der Waals surface area contributed by atoms with Crippen LogP contribution in [0.4, 0.5) is 5.69 Å². The fraction of sp³-hybridized carbons (Fsp3) is 0.500. The zero-order chi connectivity index (χ0) is 15.4. The monoisotopic (exact) mass is 288 g/mol. The molecule has 5 heteroatoms. The first-order valence-corrected chi connectivity index (χ1v) is 7.55. The Bertz CT molecular complexity index is 630. The third kappa shape index (κ3) is 3.54. The van der Waals surface area contributed by atoms with E-state index in [0.29, 0.717) is 24.6 Å². The number of nitrogens with two attached hydrogens (primary N) is 1. The fourth-order valence-corrected chi connectivity index (χ4v) is 2.41. The number of aromatic nitrogens is 2. The van der Waals surface area contributed by atoms with E-state index < -0.39 is 0 Å². The second-order valence-electron chi connectivity index (χ2n) is 5.62. The second-order valence-corrected chi connectivity index (χ2v) is 5.62. The van der Waals surface area contributed by atoms with Gasteiger partial charge < -0.3 is 15.6 Å². The summed E-state index contributed by atoms with van der Waals surface area (Å²) in [4.78, 5) is 16.5. The van der Waals surface area contributed by atoms with Crippen molar-refractivity contribution in [3.8, 4) is 0 Å². The van der Waals surface area contributed by atoms with Crippen LogP contribution >= 0.6 is 0 Å². The average Bonchev–Trinajstić information content (AvgIpc) is 2.80. The van der Waals surface area contributed by atoms with Crippen LogP contribution in [0.5, 0.6) is 0 Å². The van der Waals surface area contributed by atoms with Gasteiger partial charge in [0.1, 0.15) is 5.82 Å². The number of rotatable bonds is 6. The molecule has 21 heavy (non-hydrogen) atoms. The van der Waals surface area contributed by atoms with E-state index >= 15 is 0 Å². The number of nitrogens with zero attached hydrogens (tertiary/aromatic N) is 2. The molecule has 3 N–H and O–H groups in total. The van der Waals surface area contributed by atoms with Gasteiger partial charge in [0.2, 0.25) is 5.91 Å². The van der Waals surface area contributed by atoms with Gasteiger partial charge in [0, 0.05) is 31.1 Å². The molecule has 5 nitrogen and oxygen atoms in total. The highest BCUT2D eigenvalue weighted by Gasteiger charge is 2.14. The van der Waals surface area contributed by atoms with Crippen LogP contribution in [0.3, 0.4) is 0 Å². The summed E-state index contributed by atoms with van der Waals surface area (Å²) in [6, 6.07) is 5.74. The van der Waals surface area contributed by atoms with E-state index in [9.17, 15) is 4.79 Å². The Kier molecular flexibility index (Phi) is 4.83. The van der Waals surface area contributed by atoms with Gasteiger partial charge in [-0.15, -0.1) is 0 Å². The van der Waals surface area contributed by atoms with Gasteiger partial charge in [-0.05, 0) is 24.6 Å². The van der Waals surface area contributed by atoms with Crippen LogP contribution in [-0.4, -0.2) is 22.0 Å².